The lowest BCUT2D eigenvalue weighted by atomic mass is 9.92. The van der Waals surface area contributed by atoms with E-state index in [2.05, 4.69) is 20.4 Å². The normalized spacial score (nSPS) is 14.2. The number of aryl methyl sites for hydroxylation is 1. The van der Waals surface area contributed by atoms with Gasteiger partial charge in [-0.1, -0.05) is 11.6 Å². The standard InChI is InChI=1S/C20H23N5O3/c1-11-8-12(2)14(16(26)9-11)10-21-19(27)18-13(3)17(23-20(24-18)28-5)15-6-7-22-25(15)4/h6-8H,9-10H2,1-5H3,(H,21,27). The molecule has 28 heavy (non-hydrogen) atoms. The van der Waals surface area contributed by atoms with Gasteiger partial charge in [-0.2, -0.15) is 15.1 Å². The van der Waals surface area contributed by atoms with Gasteiger partial charge in [0.05, 0.1) is 18.5 Å². The van der Waals surface area contributed by atoms with E-state index in [-0.39, 0.29) is 29.9 Å². The van der Waals surface area contributed by atoms with Gasteiger partial charge in [0.25, 0.3) is 5.91 Å². The second kappa shape index (κ2) is 7.75. The van der Waals surface area contributed by atoms with Crippen LogP contribution in [0.2, 0.25) is 0 Å². The van der Waals surface area contributed by atoms with Crippen LogP contribution >= 0.6 is 0 Å². The van der Waals surface area contributed by atoms with Crippen molar-refractivity contribution in [3.8, 4) is 17.4 Å². The number of nitrogens with zero attached hydrogens (tertiary/aromatic N) is 4. The Morgan fingerprint density at radius 2 is 2.04 bits per heavy atom. The Balaban J connectivity index is 1.91. The lowest BCUT2D eigenvalue weighted by Crippen LogP contribution is -2.30. The van der Waals surface area contributed by atoms with Gasteiger partial charge in [-0.05, 0) is 32.4 Å². The summed E-state index contributed by atoms with van der Waals surface area (Å²) >= 11 is 0. The first kappa shape index (κ1) is 19.5. The van der Waals surface area contributed by atoms with Crippen LogP contribution in [0.5, 0.6) is 6.01 Å². The maximum absolute atomic E-state index is 12.8. The largest absolute Gasteiger partial charge is 0.467 e. The first-order valence-corrected chi connectivity index (χ1v) is 8.91. The lowest BCUT2D eigenvalue weighted by Gasteiger charge is -2.16. The fourth-order valence-corrected chi connectivity index (χ4v) is 3.24. The lowest BCUT2D eigenvalue weighted by molar-refractivity contribution is -0.115. The number of aromatic nitrogens is 4. The van der Waals surface area contributed by atoms with Crippen LogP contribution in [0.4, 0.5) is 0 Å². The summed E-state index contributed by atoms with van der Waals surface area (Å²) in [5.41, 5.74) is 4.64. The molecule has 0 unspecified atom stereocenters. The number of hydrogen-bond donors (Lipinski definition) is 1. The quantitative estimate of drug-likeness (QED) is 0.852. The number of hydrogen-bond acceptors (Lipinski definition) is 6. The molecule has 2 heterocycles. The van der Waals surface area contributed by atoms with Crippen molar-refractivity contribution in [2.75, 3.05) is 13.7 Å². The molecule has 1 aliphatic carbocycles. The average molecular weight is 381 g/mol. The Morgan fingerprint density at radius 1 is 1.29 bits per heavy atom. The van der Waals surface area contributed by atoms with E-state index in [1.165, 1.54) is 7.11 Å². The predicted octanol–water partition coefficient (Wildman–Crippen LogP) is 2.16. The molecule has 1 N–H and O–H groups in total. The van der Waals surface area contributed by atoms with Crippen molar-refractivity contribution < 1.29 is 14.3 Å². The maximum Gasteiger partial charge on any atom is 0.317 e. The summed E-state index contributed by atoms with van der Waals surface area (Å²) < 4.78 is 6.84. The minimum absolute atomic E-state index is 0.0327. The summed E-state index contributed by atoms with van der Waals surface area (Å²) in [4.78, 5) is 33.7. The molecule has 0 bridgehead atoms. The Hall–Kier alpha value is -3.29. The summed E-state index contributed by atoms with van der Waals surface area (Å²) in [6.07, 6.45) is 4.01. The number of allylic oxidation sites excluding steroid dienone is 3. The monoisotopic (exact) mass is 381 g/mol. The molecular formula is C20H23N5O3. The fourth-order valence-electron chi connectivity index (χ4n) is 3.24. The number of amides is 1. The van der Waals surface area contributed by atoms with E-state index in [1.807, 2.05) is 19.9 Å². The third kappa shape index (κ3) is 3.71. The first-order chi connectivity index (χ1) is 13.3. The Morgan fingerprint density at radius 3 is 2.64 bits per heavy atom. The maximum atomic E-state index is 12.8. The molecule has 0 radical (unpaired) electrons. The SMILES string of the molecule is COc1nc(C(=O)NCC2=C(C)C=C(C)CC2=O)c(C)c(-c2ccnn2C)n1. The van der Waals surface area contributed by atoms with E-state index in [0.717, 1.165) is 16.8 Å². The number of rotatable bonds is 5. The van der Waals surface area contributed by atoms with Gasteiger partial charge in [0.1, 0.15) is 5.69 Å². The van der Waals surface area contributed by atoms with Gasteiger partial charge in [-0.25, -0.2) is 0 Å². The van der Waals surface area contributed by atoms with Crippen LogP contribution in [0, 0.1) is 6.92 Å². The molecule has 0 saturated heterocycles. The molecular weight excluding hydrogens is 358 g/mol. The van der Waals surface area contributed by atoms with E-state index in [1.54, 1.807) is 30.9 Å². The van der Waals surface area contributed by atoms with Gasteiger partial charge in [0.2, 0.25) is 0 Å². The summed E-state index contributed by atoms with van der Waals surface area (Å²) in [6, 6.07) is 1.90. The van der Waals surface area contributed by atoms with E-state index in [0.29, 0.717) is 23.3 Å². The highest BCUT2D eigenvalue weighted by molar-refractivity contribution is 6.01. The van der Waals surface area contributed by atoms with Crippen molar-refractivity contribution in [3.63, 3.8) is 0 Å². The van der Waals surface area contributed by atoms with E-state index >= 15 is 0 Å². The molecule has 146 valence electrons. The van der Waals surface area contributed by atoms with E-state index in [9.17, 15) is 9.59 Å². The number of carbonyl (C=O) groups excluding carboxylic acids is 2. The van der Waals surface area contributed by atoms with Crippen LogP contribution in [0.25, 0.3) is 11.4 Å². The molecule has 8 nitrogen and oxygen atoms in total. The van der Waals surface area contributed by atoms with Crippen LogP contribution in [0.15, 0.2) is 35.1 Å². The van der Waals surface area contributed by atoms with Crippen molar-refractivity contribution in [1.82, 2.24) is 25.1 Å². The number of nitrogens with one attached hydrogen (secondary N) is 1. The number of ketones is 1. The van der Waals surface area contributed by atoms with Gasteiger partial charge in [0.15, 0.2) is 5.78 Å². The molecule has 0 atom stereocenters. The minimum Gasteiger partial charge on any atom is -0.467 e. The predicted molar refractivity (Wildman–Crippen MR) is 104 cm³/mol. The molecule has 0 aliphatic heterocycles. The Kier molecular flexibility index (Phi) is 5.39. The first-order valence-electron chi connectivity index (χ1n) is 8.91. The van der Waals surface area contributed by atoms with E-state index in [4.69, 9.17) is 4.74 Å². The van der Waals surface area contributed by atoms with Crippen LogP contribution in [0.3, 0.4) is 0 Å². The smallest absolute Gasteiger partial charge is 0.317 e. The summed E-state index contributed by atoms with van der Waals surface area (Å²) in [6.45, 7) is 5.73. The molecule has 1 amide bonds. The van der Waals surface area contributed by atoms with Crippen molar-refractivity contribution >= 4 is 11.7 Å². The molecule has 0 saturated carbocycles. The highest BCUT2D eigenvalue weighted by Gasteiger charge is 2.22. The summed E-state index contributed by atoms with van der Waals surface area (Å²) in [5, 5.41) is 6.96. The summed E-state index contributed by atoms with van der Waals surface area (Å²) in [7, 11) is 3.24. The van der Waals surface area contributed by atoms with Gasteiger partial charge in [-0.3, -0.25) is 14.3 Å². The topological polar surface area (TPSA) is 99.0 Å². The van der Waals surface area contributed by atoms with Crippen LogP contribution < -0.4 is 10.1 Å². The second-order valence-electron chi connectivity index (χ2n) is 6.81. The van der Waals surface area contributed by atoms with Gasteiger partial charge < -0.3 is 10.1 Å². The molecule has 1 aliphatic rings. The van der Waals surface area contributed by atoms with Crippen molar-refractivity contribution in [2.45, 2.75) is 27.2 Å². The number of methoxy groups -OCH3 is 1. The van der Waals surface area contributed by atoms with E-state index < -0.39 is 0 Å². The van der Waals surface area contributed by atoms with Crippen LogP contribution in [-0.4, -0.2) is 45.1 Å². The van der Waals surface area contributed by atoms with Crippen molar-refractivity contribution in [2.24, 2.45) is 7.05 Å². The van der Waals surface area contributed by atoms with Gasteiger partial charge in [-0.15, -0.1) is 0 Å². The zero-order valence-corrected chi connectivity index (χ0v) is 16.7. The molecule has 0 fully saturated rings. The number of Topliss-reactive ketones (excluding diaryl/α,β-unsaturated/α-hetero) is 1. The number of carbonyl (C=O) groups is 2. The zero-order chi connectivity index (χ0) is 20.4. The zero-order valence-electron chi connectivity index (χ0n) is 16.7. The number of ether oxygens (including phenoxy) is 1. The molecule has 0 aromatic carbocycles. The van der Waals surface area contributed by atoms with Crippen molar-refractivity contribution in [3.05, 3.63) is 46.3 Å². The fraction of sp³-hybridized carbons (Fsp3) is 0.350. The third-order valence-corrected chi connectivity index (χ3v) is 4.73. The van der Waals surface area contributed by atoms with Crippen LogP contribution in [0.1, 0.15) is 36.3 Å². The Bertz CT molecular complexity index is 1020. The minimum atomic E-state index is -0.388. The van der Waals surface area contributed by atoms with Gasteiger partial charge >= 0.3 is 6.01 Å². The average Bonchev–Trinajstić information content (AvgIpc) is 3.06. The molecule has 3 rings (SSSR count). The second-order valence-corrected chi connectivity index (χ2v) is 6.81. The molecule has 0 spiro atoms. The molecule has 2 aromatic heterocycles. The Labute approximate surface area is 163 Å². The molecule has 8 heteroatoms. The van der Waals surface area contributed by atoms with Crippen LogP contribution in [-0.2, 0) is 11.8 Å². The molecule has 2 aromatic rings. The highest BCUT2D eigenvalue weighted by atomic mass is 16.5. The third-order valence-electron chi connectivity index (χ3n) is 4.73. The summed E-state index contributed by atoms with van der Waals surface area (Å²) in [5.74, 6) is -0.355. The van der Waals surface area contributed by atoms with Crippen molar-refractivity contribution in [1.29, 1.82) is 0 Å². The highest BCUT2D eigenvalue weighted by Crippen LogP contribution is 2.25. The van der Waals surface area contributed by atoms with Gasteiger partial charge in [0, 0.05) is 37.3 Å².